The van der Waals surface area contributed by atoms with Gasteiger partial charge in [-0.1, -0.05) is 12.1 Å². The van der Waals surface area contributed by atoms with Crippen LogP contribution in [0.3, 0.4) is 0 Å². The molecule has 1 saturated heterocycles. The smallest absolute Gasteiger partial charge is 0.338 e. The van der Waals surface area contributed by atoms with Crippen molar-refractivity contribution < 1.29 is 23.1 Å². The zero-order chi connectivity index (χ0) is 20.4. The Morgan fingerprint density at radius 3 is 2.79 bits per heavy atom. The van der Waals surface area contributed by atoms with Gasteiger partial charge in [0.1, 0.15) is 0 Å². The second-order valence-electron chi connectivity index (χ2n) is 6.90. The maximum Gasteiger partial charge on any atom is 0.338 e. The molecule has 1 atom stereocenters. The average Bonchev–Trinajstić information content (AvgIpc) is 3.18. The number of esters is 1. The van der Waals surface area contributed by atoms with Crippen molar-refractivity contribution in [3.63, 3.8) is 0 Å². The summed E-state index contributed by atoms with van der Waals surface area (Å²) in [6, 6.07) is 10.6. The number of ether oxygens (including phenoxy) is 1. The fourth-order valence-electron chi connectivity index (χ4n) is 3.39. The lowest BCUT2D eigenvalue weighted by atomic mass is 9.99. The molecule has 29 heavy (non-hydrogen) atoms. The van der Waals surface area contributed by atoms with Crippen LogP contribution in [0.1, 0.15) is 34.1 Å². The molecule has 5 nitrogen and oxygen atoms in total. The van der Waals surface area contributed by atoms with Crippen LogP contribution in [0.5, 0.6) is 0 Å². The van der Waals surface area contributed by atoms with Gasteiger partial charge in [-0.25, -0.2) is 18.6 Å². The van der Waals surface area contributed by atoms with Crippen LogP contribution in [0.15, 0.2) is 42.5 Å². The predicted molar refractivity (Wildman–Crippen MR) is 105 cm³/mol. The molecule has 0 unspecified atom stereocenters. The SMILES string of the molecule is O=C(OCC(=O)N1CCC[C@H](c2nc3ccccc3s2)C1)c1ccc(F)c(F)c1. The maximum absolute atomic E-state index is 13.2. The zero-order valence-electron chi connectivity index (χ0n) is 15.4. The number of hydrogen-bond acceptors (Lipinski definition) is 5. The van der Waals surface area contributed by atoms with Crippen LogP contribution >= 0.6 is 11.3 Å². The molecule has 1 fully saturated rings. The molecular weight excluding hydrogens is 398 g/mol. The number of para-hydroxylation sites is 1. The van der Waals surface area contributed by atoms with Gasteiger partial charge in [0, 0.05) is 19.0 Å². The topological polar surface area (TPSA) is 59.5 Å². The lowest BCUT2D eigenvalue weighted by molar-refractivity contribution is -0.135. The Hall–Kier alpha value is -2.87. The molecule has 1 aliphatic rings. The maximum atomic E-state index is 13.2. The van der Waals surface area contributed by atoms with E-state index >= 15 is 0 Å². The van der Waals surface area contributed by atoms with E-state index in [-0.39, 0.29) is 17.4 Å². The van der Waals surface area contributed by atoms with Crippen LogP contribution in [0, 0.1) is 11.6 Å². The summed E-state index contributed by atoms with van der Waals surface area (Å²) in [4.78, 5) is 30.8. The Labute approximate surface area is 169 Å². The number of aromatic nitrogens is 1. The third-order valence-electron chi connectivity index (χ3n) is 4.92. The van der Waals surface area contributed by atoms with Crippen LogP contribution in [0.4, 0.5) is 8.78 Å². The number of likely N-dealkylation sites (tertiary alicyclic amines) is 1. The molecule has 1 amide bonds. The molecule has 0 N–H and O–H groups in total. The number of piperidine rings is 1. The molecule has 2 heterocycles. The van der Waals surface area contributed by atoms with E-state index in [2.05, 4.69) is 4.98 Å². The highest BCUT2D eigenvalue weighted by Crippen LogP contribution is 2.32. The Kier molecular flexibility index (Phi) is 5.53. The van der Waals surface area contributed by atoms with Crippen molar-refractivity contribution in [2.75, 3.05) is 19.7 Å². The van der Waals surface area contributed by atoms with Crippen molar-refractivity contribution in [2.24, 2.45) is 0 Å². The largest absolute Gasteiger partial charge is 0.452 e. The van der Waals surface area contributed by atoms with Gasteiger partial charge in [0.2, 0.25) is 0 Å². The first-order valence-corrected chi connectivity index (χ1v) is 10.1. The molecule has 2 aromatic carbocycles. The fourth-order valence-corrected chi connectivity index (χ4v) is 4.49. The van der Waals surface area contributed by atoms with E-state index in [1.165, 1.54) is 0 Å². The summed E-state index contributed by atoms with van der Waals surface area (Å²) < 4.78 is 32.3. The highest BCUT2D eigenvalue weighted by Gasteiger charge is 2.27. The molecule has 3 aromatic rings. The number of benzene rings is 2. The van der Waals surface area contributed by atoms with E-state index in [1.807, 2.05) is 24.3 Å². The summed E-state index contributed by atoms with van der Waals surface area (Å²) in [6.45, 7) is 0.661. The molecule has 0 spiro atoms. The molecule has 150 valence electrons. The van der Waals surface area contributed by atoms with Gasteiger partial charge in [-0.2, -0.15) is 0 Å². The van der Waals surface area contributed by atoms with Crippen LogP contribution in [0.25, 0.3) is 10.2 Å². The standard InChI is InChI=1S/C21H18F2N2O3S/c22-15-8-7-13(10-16(15)23)21(27)28-12-19(26)25-9-3-4-14(11-25)20-24-17-5-1-2-6-18(17)29-20/h1-2,5-8,10,14H,3-4,9,11-12H2/t14-/m0/s1. The van der Waals surface area contributed by atoms with Crippen LogP contribution < -0.4 is 0 Å². The van der Waals surface area contributed by atoms with E-state index in [0.717, 1.165) is 46.3 Å². The van der Waals surface area contributed by atoms with E-state index in [1.54, 1.807) is 16.2 Å². The van der Waals surface area contributed by atoms with Gasteiger partial charge in [0.25, 0.3) is 5.91 Å². The van der Waals surface area contributed by atoms with Crippen molar-refractivity contribution in [1.82, 2.24) is 9.88 Å². The fraction of sp³-hybridized carbons (Fsp3) is 0.286. The lowest BCUT2D eigenvalue weighted by Gasteiger charge is -2.31. The Balaban J connectivity index is 1.37. The number of halogens is 2. The number of rotatable bonds is 4. The van der Waals surface area contributed by atoms with E-state index in [0.29, 0.717) is 13.1 Å². The third kappa shape index (κ3) is 4.27. The monoisotopic (exact) mass is 416 g/mol. The summed E-state index contributed by atoms with van der Waals surface area (Å²) in [5.74, 6) is -3.22. The predicted octanol–water partition coefficient (Wildman–Crippen LogP) is 4.14. The first-order valence-electron chi connectivity index (χ1n) is 9.26. The molecule has 8 heteroatoms. The van der Waals surface area contributed by atoms with E-state index in [9.17, 15) is 18.4 Å². The third-order valence-corrected chi connectivity index (χ3v) is 6.11. The van der Waals surface area contributed by atoms with Crippen molar-refractivity contribution in [3.05, 3.63) is 64.7 Å². The number of fused-ring (bicyclic) bond motifs is 1. The van der Waals surface area contributed by atoms with Crippen molar-refractivity contribution in [2.45, 2.75) is 18.8 Å². The number of nitrogens with zero attached hydrogens (tertiary/aromatic N) is 2. The average molecular weight is 416 g/mol. The first kappa shape index (κ1) is 19.4. The second-order valence-corrected chi connectivity index (χ2v) is 7.97. The minimum absolute atomic E-state index is 0.136. The van der Waals surface area contributed by atoms with Crippen LogP contribution in [0.2, 0.25) is 0 Å². The Morgan fingerprint density at radius 1 is 1.17 bits per heavy atom. The summed E-state index contributed by atoms with van der Waals surface area (Å²) >= 11 is 1.63. The molecule has 0 radical (unpaired) electrons. The second kappa shape index (κ2) is 8.24. The zero-order valence-corrected chi connectivity index (χ0v) is 16.3. The Morgan fingerprint density at radius 2 is 2.00 bits per heavy atom. The summed E-state index contributed by atoms with van der Waals surface area (Å²) in [5.41, 5.74) is 0.819. The number of thiazole rings is 1. The highest BCUT2D eigenvalue weighted by atomic mass is 32.1. The van der Waals surface area contributed by atoms with Gasteiger partial charge in [-0.05, 0) is 43.2 Å². The van der Waals surface area contributed by atoms with Crippen LogP contribution in [-0.4, -0.2) is 41.5 Å². The van der Waals surface area contributed by atoms with Gasteiger partial charge < -0.3 is 9.64 Å². The quantitative estimate of drug-likeness (QED) is 0.600. The molecule has 0 bridgehead atoms. The van der Waals surface area contributed by atoms with Gasteiger partial charge in [-0.3, -0.25) is 4.79 Å². The molecule has 0 saturated carbocycles. The number of hydrogen-bond donors (Lipinski definition) is 0. The van der Waals surface area contributed by atoms with Gasteiger partial charge in [0.05, 0.1) is 20.8 Å². The van der Waals surface area contributed by atoms with Gasteiger partial charge in [-0.15, -0.1) is 11.3 Å². The number of amides is 1. The number of carbonyl (C=O) groups is 2. The van der Waals surface area contributed by atoms with Crippen molar-refractivity contribution >= 4 is 33.4 Å². The molecule has 1 aromatic heterocycles. The lowest BCUT2D eigenvalue weighted by Crippen LogP contribution is -2.41. The molecular formula is C21H18F2N2O3S. The summed E-state index contributed by atoms with van der Waals surface area (Å²) in [5, 5.41) is 1.00. The molecule has 4 rings (SSSR count). The van der Waals surface area contributed by atoms with Crippen molar-refractivity contribution in [3.8, 4) is 0 Å². The van der Waals surface area contributed by atoms with Crippen LogP contribution in [-0.2, 0) is 9.53 Å². The van der Waals surface area contributed by atoms with E-state index < -0.39 is 24.2 Å². The van der Waals surface area contributed by atoms with Crippen molar-refractivity contribution in [1.29, 1.82) is 0 Å². The number of carbonyl (C=O) groups excluding carboxylic acids is 2. The van der Waals surface area contributed by atoms with Gasteiger partial charge in [0.15, 0.2) is 18.2 Å². The molecule has 1 aliphatic heterocycles. The normalized spacial score (nSPS) is 16.8. The van der Waals surface area contributed by atoms with E-state index in [4.69, 9.17) is 4.74 Å². The summed E-state index contributed by atoms with van der Waals surface area (Å²) in [6.07, 6.45) is 1.78. The van der Waals surface area contributed by atoms with Gasteiger partial charge >= 0.3 is 5.97 Å². The first-order chi connectivity index (χ1) is 14.0. The molecule has 0 aliphatic carbocycles. The summed E-state index contributed by atoms with van der Waals surface area (Å²) in [7, 11) is 0. The Bertz CT molecular complexity index is 1040. The minimum atomic E-state index is -1.14. The minimum Gasteiger partial charge on any atom is -0.452 e. The highest BCUT2D eigenvalue weighted by molar-refractivity contribution is 7.18.